The fourth-order valence-corrected chi connectivity index (χ4v) is 3.29. The Bertz CT molecular complexity index is 485. The van der Waals surface area contributed by atoms with Gasteiger partial charge in [-0.1, -0.05) is 26.7 Å². The lowest BCUT2D eigenvalue weighted by Crippen LogP contribution is -2.38. The molecular formula is C15H20BrNO2. The van der Waals surface area contributed by atoms with Crippen molar-refractivity contribution < 1.29 is 9.90 Å². The number of halogens is 1. The highest BCUT2D eigenvalue weighted by Crippen LogP contribution is 2.37. The van der Waals surface area contributed by atoms with Gasteiger partial charge in [0.2, 0.25) is 0 Å². The summed E-state index contributed by atoms with van der Waals surface area (Å²) in [5.74, 6) is -0.906. The summed E-state index contributed by atoms with van der Waals surface area (Å²) in [6, 6.07) is 5.79. The van der Waals surface area contributed by atoms with Gasteiger partial charge in [-0.3, -0.25) is 0 Å². The summed E-state index contributed by atoms with van der Waals surface area (Å²) in [5, 5.41) is 12.6. The van der Waals surface area contributed by atoms with E-state index in [9.17, 15) is 4.79 Å². The Morgan fingerprint density at radius 2 is 2.16 bits per heavy atom. The van der Waals surface area contributed by atoms with Crippen LogP contribution in [0.3, 0.4) is 0 Å². The van der Waals surface area contributed by atoms with Crippen LogP contribution < -0.4 is 5.32 Å². The summed E-state index contributed by atoms with van der Waals surface area (Å²) in [6.07, 6.45) is 4.96. The van der Waals surface area contributed by atoms with Gasteiger partial charge in [-0.25, -0.2) is 4.79 Å². The van der Waals surface area contributed by atoms with Gasteiger partial charge in [0, 0.05) is 16.2 Å². The molecule has 1 aromatic rings. The van der Waals surface area contributed by atoms with Gasteiger partial charge in [0.25, 0.3) is 0 Å². The number of rotatable bonds is 3. The van der Waals surface area contributed by atoms with E-state index in [4.69, 9.17) is 5.11 Å². The molecule has 1 aliphatic carbocycles. The Morgan fingerprint density at radius 1 is 1.42 bits per heavy atom. The van der Waals surface area contributed by atoms with Crippen molar-refractivity contribution >= 4 is 27.6 Å². The van der Waals surface area contributed by atoms with Gasteiger partial charge in [0.15, 0.2) is 0 Å². The van der Waals surface area contributed by atoms with E-state index in [2.05, 4.69) is 35.1 Å². The molecule has 19 heavy (non-hydrogen) atoms. The van der Waals surface area contributed by atoms with Crippen molar-refractivity contribution in [2.45, 2.75) is 45.6 Å². The van der Waals surface area contributed by atoms with Crippen LogP contribution in [0.5, 0.6) is 0 Å². The number of hydrogen-bond donors (Lipinski definition) is 2. The van der Waals surface area contributed by atoms with Crippen LogP contribution in [0.15, 0.2) is 22.7 Å². The highest BCUT2D eigenvalue weighted by molar-refractivity contribution is 9.10. The first kappa shape index (κ1) is 14.4. The second-order valence-corrected chi connectivity index (χ2v) is 6.79. The Kier molecular flexibility index (Phi) is 4.19. The number of carboxylic acid groups (broad SMARTS) is 1. The Hall–Kier alpha value is -1.03. The van der Waals surface area contributed by atoms with Crippen molar-refractivity contribution in [3.05, 3.63) is 28.2 Å². The fourth-order valence-electron chi connectivity index (χ4n) is 2.74. The molecule has 1 saturated carbocycles. The van der Waals surface area contributed by atoms with Crippen LogP contribution >= 0.6 is 15.9 Å². The van der Waals surface area contributed by atoms with Gasteiger partial charge in [-0.15, -0.1) is 0 Å². The first-order chi connectivity index (χ1) is 8.90. The fraction of sp³-hybridized carbons (Fsp3) is 0.533. The van der Waals surface area contributed by atoms with E-state index in [1.807, 2.05) is 12.1 Å². The van der Waals surface area contributed by atoms with Crippen LogP contribution in [0.4, 0.5) is 5.69 Å². The van der Waals surface area contributed by atoms with Crippen molar-refractivity contribution in [1.29, 1.82) is 0 Å². The standard InChI is InChI=1S/C15H20BrNO2/c1-15(2)8-4-3-5-13(15)17-10-6-7-11(14(18)19)12(16)9-10/h6-7,9,13,17H,3-5,8H2,1-2H3,(H,18,19). The second-order valence-electron chi connectivity index (χ2n) is 5.93. The molecule has 1 aromatic carbocycles. The van der Waals surface area contributed by atoms with E-state index in [1.54, 1.807) is 6.07 Å². The summed E-state index contributed by atoms with van der Waals surface area (Å²) < 4.78 is 0.624. The average Bonchev–Trinajstić information content (AvgIpc) is 2.31. The maximum absolute atomic E-state index is 11.0. The molecule has 3 nitrogen and oxygen atoms in total. The zero-order valence-corrected chi connectivity index (χ0v) is 13.0. The maximum atomic E-state index is 11.0. The molecule has 0 aliphatic heterocycles. The molecule has 1 unspecified atom stereocenters. The largest absolute Gasteiger partial charge is 0.478 e. The topological polar surface area (TPSA) is 49.3 Å². The minimum Gasteiger partial charge on any atom is -0.478 e. The molecule has 0 saturated heterocycles. The van der Waals surface area contributed by atoms with Crippen LogP contribution in [0.25, 0.3) is 0 Å². The molecule has 0 bridgehead atoms. The minimum absolute atomic E-state index is 0.288. The first-order valence-electron chi connectivity index (χ1n) is 6.69. The molecule has 1 aliphatic rings. The molecule has 2 N–H and O–H groups in total. The number of aromatic carboxylic acids is 1. The van der Waals surface area contributed by atoms with Crippen LogP contribution in [0.2, 0.25) is 0 Å². The van der Waals surface area contributed by atoms with Gasteiger partial charge < -0.3 is 10.4 Å². The molecule has 1 atom stereocenters. The van der Waals surface area contributed by atoms with Crippen molar-refractivity contribution in [2.24, 2.45) is 5.41 Å². The highest BCUT2D eigenvalue weighted by Gasteiger charge is 2.32. The average molecular weight is 326 g/mol. The summed E-state index contributed by atoms with van der Waals surface area (Å²) in [5.41, 5.74) is 1.57. The van der Waals surface area contributed by atoms with Gasteiger partial charge in [0.05, 0.1) is 5.56 Å². The maximum Gasteiger partial charge on any atom is 0.336 e. The Labute approximate surface area is 122 Å². The van der Waals surface area contributed by atoms with Gasteiger partial charge in [-0.2, -0.15) is 0 Å². The van der Waals surface area contributed by atoms with E-state index in [0.29, 0.717) is 16.1 Å². The molecule has 0 amide bonds. The third-order valence-corrected chi connectivity index (χ3v) is 4.70. The number of anilines is 1. The van der Waals surface area contributed by atoms with E-state index >= 15 is 0 Å². The molecule has 104 valence electrons. The molecule has 1 fully saturated rings. The third-order valence-electron chi connectivity index (χ3n) is 4.05. The minimum atomic E-state index is -0.906. The highest BCUT2D eigenvalue weighted by atomic mass is 79.9. The van der Waals surface area contributed by atoms with Crippen LogP contribution in [0.1, 0.15) is 49.9 Å². The van der Waals surface area contributed by atoms with E-state index in [-0.39, 0.29) is 5.41 Å². The number of carbonyl (C=O) groups is 1. The molecule has 2 rings (SSSR count). The summed E-state index contributed by atoms with van der Waals surface area (Å²) >= 11 is 3.32. The zero-order chi connectivity index (χ0) is 14.0. The van der Waals surface area contributed by atoms with Crippen molar-refractivity contribution in [1.82, 2.24) is 0 Å². The molecular weight excluding hydrogens is 306 g/mol. The number of hydrogen-bond acceptors (Lipinski definition) is 2. The first-order valence-corrected chi connectivity index (χ1v) is 7.49. The summed E-state index contributed by atoms with van der Waals surface area (Å²) in [7, 11) is 0. The lowest BCUT2D eigenvalue weighted by Gasteiger charge is -2.39. The van der Waals surface area contributed by atoms with E-state index in [1.165, 1.54) is 25.7 Å². The molecule has 4 heteroatoms. The zero-order valence-electron chi connectivity index (χ0n) is 11.4. The lowest BCUT2D eigenvalue weighted by molar-refractivity contribution is 0.0696. The number of benzene rings is 1. The molecule has 0 heterocycles. The van der Waals surface area contributed by atoms with Crippen molar-refractivity contribution in [3.63, 3.8) is 0 Å². The van der Waals surface area contributed by atoms with Gasteiger partial charge >= 0.3 is 5.97 Å². The molecule has 0 aromatic heterocycles. The summed E-state index contributed by atoms with van der Waals surface area (Å²) in [4.78, 5) is 11.0. The smallest absolute Gasteiger partial charge is 0.336 e. The number of carboxylic acids is 1. The van der Waals surface area contributed by atoms with Crippen LogP contribution in [0, 0.1) is 5.41 Å². The van der Waals surface area contributed by atoms with Gasteiger partial charge in [-0.05, 0) is 52.4 Å². The second kappa shape index (κ2) is 5.53. The van der Waals surface area contributed by atoms with E-state index in [0.717, 1.165) is 5.69 Å². The van der Waals surface area contributed by atoms with Crippen LogP contribution in [-0.2, 0) is 0 Å². The Balaban J connectivity index is 2.15. The molecule has 0 spiro atoms. The summed E-state index contributed by atoms with van der Waals surface area (Å²) in [6.45, 7) is 4.59. The normalized spacial score (nSPS) is 21.9. The monoisotopic (exact) mass is 325 g/mol. The Morgan fingerprint density at radius 3 is 2.74 bits per heavy atom. The predicted molar refractivity (Wildman–Crippen MR) is 80.8 cm³/mol. The molecule has 0 radical (unpaired) electrons. The predicted octanol–water partition coefficient (Wildman–Crippen LogP) is 4.53. The van der Waals surface area contributed by atoms with Crippen molar-refractivity contribution in [2.75, 3.05) is 5.32 Å². The van der Waals surface area contributed by atoms with Crippen LogP contribution in [-0.4, -0.2) is 17.1 Å². The van der Waals surface area contributed by atoms with E-state index < -0.39 is 5.97 Å². The quantitative estimate of drug-likeness (QED) is 0.858. The number of nitrogens with one attached hydrogen (secondary N) is 1. The lowest BCUT2D eigenvalue weighted by atomic mass is 9.73. The van der Waals surface area contributed by atoms with Crippen molar-refractivity contribution in [3.8, 4) is 0 Å². The van der Waals surface area contributed by atoms with Gasteiger partial charge in [0.1, 0.15) is 0 Å². The SMILES string of the molecule is CC1(C)CCCCC1Nc1ccc(C(=O)O)c(Br)c1. The third kappa shape index (κ3) is 3.30.